The van der Waals surface area contributed by atoms with Crippen molar-refractivity contribution >= 4 is 33.8 Å². The molecular weight excluding hydrogens is 123 g/mol. The van der Waals surface area contributed by atoms with Gasteiger partial charge in [-0.3, -0.25) is 0 Å². The Morgan fingerprint density at radius 2 is 1.50 bits per heavy atom. The summed E-state index contributed by atoms with van der Waals surface area (Å²) in [6, 6.07) is 0. The van der Waals surface area contributed by atoms with Crippen LogP contribution in [0.3, 0.4) is 0 Å². The molecular formula is H6AlGeLiO. The second kappa shape index (κ2) is 24.9. The van der Waals surface area contributed by atoms with Gasteiger partial charge >= 0.3 is 56.5 Å². The molecule has 4 heavy (non-hydrogen) atoms. The molecule has 0 saturated heterocycles. The average Bonchev–Trinajstić information content (AvgIpc) is 1.00. The topological polar surface area (TPSA) is 17.1 Å². The molecule has 0 atom stereocenters. The molecule has 0 heterocycles. The predicted octanol–water partition coefficient (Wildman–Crippen LogP) is -5.10. The van der Waals surface area contributed by atoms with E-state index in [0.29, 0.717) is 16.2 Å². The van der Waals surface area contributed by atoms with Crippen LogP contribution in [0.5, 0.6) is 0 Å². The van der Waals surface area contributed by atoms with Crippen molar-refractivity contribution < 1.29 is 24.1 Å². The van der Waals surface area contributed by atoms with Crippen LogP contribution in [0.1, 0.15) is 1.43 Å². The molecule has 0 aliphatic carbocycles. The van der Waals surface area contributed by atoms with E-state index in [4.69, 9.17) is 3.80 Å². The van der Waals surface area contributed by atoms with Crippen molar-refractivity contribution in [1.82, 2.24) is 0 Å². The van der Waals surface area contributed by atoms with Crippen LogP contribution in [-0.2, 0) is 3.80 Å². The molecule has 0 amide bonds. The molecule has 0 aliphatic heterocycles. The van der Waals surface area contributed by atoms with E-state index in [1.807, 2.05) is 0 Å². The molecule has 4 heteroatoms. The number of hydrogen-bond acceptors (Lipinski definition) is 1. The second-order valence-electron chi connectivity index (χ2n) is 0. The summed E-state index contributed by atoms with van der Waals surface area (Å²) in [5.41, 5.74) is 0. The zero-order valence-corrected chi connectivity index (χ0v) is 3.53. The van der Waals surface area contributed by atoms with E-state index in [2.05, 4.69) is 0 Å². The number of hydrogen-bond donors (Lipinski definition) is 0. The Bertz CT molecular complexity index is 11.6. The van der Waals surface area contributed by atoms with Gasteiger partial charge in [0.1, 0.15) is 0 Å². The first kappa shape index (κ1) is 17.9. The molecule has 0 aromatic heterocycles. The third-order valence-electron chi connectivity index (χ3n) is 0. The van der Waals surface area contributed by atoms with Crippen molar-refractivity contribution in [2.24, 2.45) is 0 Å². The van der Waals surface area contributed by atoms with Crippen molar-refractivity contribution in [2.75, 3.05) is 0 Å². The van der Waals surface area contributed by atoms with Crippen LogP contribution in [-0.4, -0.2) is 33.8 Å². The van der Waals surface area contributed by atoms with Gasteiger partial charge in [-0.1, -0.05) is 0 Å². The zero-order valence-electron chi connectivity index (χ0n) is 3.12. The molecule has 0 fully saturated rings. The van der Waals surface area contributed by atoms with E-state index in [-0.39, 0.29) is 37.9 Å². The minimum absolute atomic E-state index is 0. The van der Waals surface area contributed by atoms with Crippen LogP contribution in [0.15, 0.2) is 0 Å². The predicted molar refractivity (Wildman–Crippen MR) is 20.3 cm³/mol. The molecule has 0 saturated carbocycles. The quantitative estimate of drug-likeness (QED) is 0.299. The first-order valence-corrected chi connectivity index (χ1v) is 0.866. The molecule has 0 rings (SSSR count). The van der Waals surface area contributed by atoms with Crippen molar-refractivity contribution in [1.29, 1.82) is 0 Å². The Morgan fingerprint density at radius 3 is 1.50 bits per heavy atom. The molecule has 0 N–H and O–H groups in total. The maximum atomic E-state index is 8.28. The molecule has 0 bridgehead atoms. The molecule has 0 aromatic rings. The van der Waals surface area contributed by atoms with Crippen molar-refractivity contribution in [2.45, 2.75) is 0 Å². The molecule has 0 aromatic carbocycles. The standard InChI is InChI=1S/Al.GeH4.Li.O.2H/h;1H4;;;;/q;;+1;;;-1. The fourth-order valence-corrected chi connectivity index (χ4v) is 0. The fourth-order valence-electron chi connectivity index (χ4n) is 0. The van der Waals surface area contributed by atoms with Crippen LogP contribution in [0.25, 0.3) is 0 Å². The van der Waals surface area contributed by atoms with Crippen molar-refractivity contribution in [3.05, 3.63) is 0 Å². The van der Waals surface area contributed by atoms with E-state index in [0.717, 1.165) is 0 Å². The Hall–Kier alpha value is 1.47. The zero-order chi connectivity index (χ0) is 2.00. The fraction of sp³-hybridized carbons (Fsp3) is 0. The van der Waals surface area contributed by atoms with E-state index in [1.165, 1.54) is 0 Å². The summed E-state index contributed by atoms with van der Waals surface area (Å²) >= 11 is 0.611. The van der Waals surface area contributed by atoms with Crippen LogP contribution >= 0.6 is 0 Å². The average molecular weight is 129 g/mol. The molecule has 0 aliphatic rings. The van der Waals surface area contributed by atoms with Crippen molar-refractivity contribution in [3.63, 3.8) is 0 Å². The summed E-state index contributed by atoms with van der Waals surface area (Å²) in [7, 11) is 0. The van der Waals surface area contributed by atoms with Crippen LogP contribution in [0.4, 0.5) is 0 Å². The normalized spacial score (nSPS) is 0.750. The Balaban J connectivity index is -0.00000000167. The van der Waals surface area contributed by atoms with Crippen LogP contribution < -0.4 is 18.9 Å². The summed E-state index contributed by atoms with van der Waals surface area (Å²) < 4.78 is 8.28. The van der Waals surface area contributed by atoms with Gasteiger partial charge in [0, 0.05) is 0 Å². The second-order valence-corrected chi connectivity index (χ2v) is 0. The Kier molecular flexibility index (Phi) is 111. The summed E-state index contributed by atoms with van der Waals surface area (Å²) in [6.07, 6.45) is 0. The van der Waals surface area contributed by atoms with Gasteiger partial charge < -0.3 is 1.43 Å². The van der Waals surface area contributed by atoms with E-state index >= 15 is 0 Å². The van der Waals surface area contributed by atoms with Gasteiger partial charge in [0.05, 0.1) is 0 Å². The maximum absolute atomic E-state index is 8.28. The third kappa shape index (κ3) is 9.79. The Morgan fingerprint density at radius 1 is 1.50 bits per heavy atom. The molecule has 0 radical (unpaired) electrons. The van der Waals surface area contributed by atoms with Gasteiger partial charge in [-0.25, -0.2) is 0 Å². The van der Waals surface area contributed by atoms with Crippen LogP contribution in [0, 0.1) is 0 Å². The van der Waals surface area contributed by atoms with E-state index in [9.17, 15) is 0 Å². The molecule has 20 valence electrons. The molecule has 0 unspecified atom stereocenters. The minimum atomic E-state index is 0. The summed E-state index contributed by atoms with van der Waals surface area (Å²) in [4.78, 5) is 0. The first-order valence-electron chi connectivity index (χ1n) is 0.289. The summed E-state index contributed by atoms with van der Waals surface area (Å²) in [5.74, 6) is 0. The number of rotatable bonds is 0. The first-order chi connectivity index (χ1) is 1.00. The summed E-state index contributed by atoms with van der Waals surface area (Å²) in [6.45, 7) is 0. The molecule has 0 spiro atoms. The van der Waals surface area contributed by atoms with Gasteiger partial charge in [0.25, 0.3) is 0 Å². The summed E-state index contributed by atoms with van der Waals surface area (Å²) in [5, 5.41) is 0. The Labute approximate surface area is 57.8 Å². The molecule has 1 nitrogen and oxygen atoms in total. The van der Waals surface area contributed by atoms with Gasteiger partial charge in [-0.05, 0) is 0 Å². The van der Waals surface area contributed by atoms with Gasteiger partial charge in [0.15, 0.2) is 0 Å². The van der Waals surface area contributed by atoms with Gasteiger partial charge in [-0.2, -0.15) is 0 Å². The van der Waals surface area contributed by atoms with Gasteiger partial charge in [0.2, 0.25) is 0 Å². The monoisotopic (exact) mass is 130 g/mol. The van der Waals surface area contributed by atoms with Crippen LogP contribution in [0.2, 0.25) is 0 Å². The van der Waals surface area contributed by atoms with E-state index in [1.54, 1.807) is 0 Å². The van der Waals surface area contributed by atoms with Gasteiger partial charge in [-0.15, -0.1) is 0 Å². The third-order valence-corrected chi connectivity index (χ3v) is 0. The SMILES string of the molecule is [GeH4].[H-].[Li+].[O]=[AlH]. The van der Waals surface area contributed by atoms with Crippen molar-refractivity contribution in [3.8, 4) is 0 Å². The van der Waals surface area contributed by atoms with E-state index < -0.39 is 0 Å².